The molecular weight excluding hydrogens is 655 g/mol. The van der Waals surface area contributed by atoms with E-state index in [1.165, 1.54) is 78.3 Å². The van der Waals surface area contributed by atoms with Gasteiger partial charge in [0.05, 0.1) is 11.0 Å². The van der Waals surface area contributed by atoms with E-state index in [9.17, 15) is 0 Å². The summed E-state index contributed by atoms with van der Waals surface area (Å²) in [6.45, 7) is 4.84. The first kappa shape index (κ1) is 32.3. The van der Waals surface area contributed by atoms with Crippen LogP contribution >= 0.6 is 0 Å². The lowest BCUT2D eigenvalue weighted by atomic mass is 9.78. The molecule has 0 N–H and O–H groups in total. The van der Waals surface area contributed by atoms with Gasteiger partial charge in [0.2, 0.25) is 0 Å². The van der Waals surface area contributed by atoms with E-state index >= 15 is 0 Å². The molecular formula is C51H43N3. The fourth-order valence-electron chi connectivity index (χ4n) is 9.21. The molecule has 3 nitrogen and oxygen atoms in total. The van der Waals surface area contributed by atoms with E-state index in [4.69, 9.17) is 0 Å². The first-order valence-electron chi connectivity index (χ1n) is 19.3. The van der Waals surface area contributed by atoms with Crippen LogP contribution in [0.2, 0.25) is 0 Å². The molecule has 262 valence electrons. The van der Waals surface area contributed by atoms with Gasteiger partial charge in [0.25, 0.3) is 0 Å². The van der Waals surface area contributed by atoms with E-state index in [1.807, 2.05) is 0 Å². The van der Waals surface area contributed by atoms with Crippen LogP contribution in [0, 0.1) is 0 Å². The standard InChI is InChI=1S/C51H43N3/c1-51(2)47-24-14-12-22-43(47)44-32-30-42(35-48(44)51)53(40-28-26-39(27-29-40)52(36-16-6-3-7-17-36)37-18-8-4-9-19-37)41-31-33-50-46(34-41)45-23-13-15-25-49(45)54(50)38-20-10-5-11-21-38/h3-13,15-23,25-26,28,30-35H,14,24,27,29H2,1-2H3. The zero-order valence-corrected chi connectivity index (χ0v) is 30.9. The first-order chi connectivity index (χ1) is 26.6. The summed E-state index contributed by atoms with van der Waals surface area (Å²) < 4.78 is 2.40. The van der Waals surface area contributed by atoms with Crippen LogP contribution in [-0.4, -0.2) is 4.57 Å². The second-order valence-corrected chi connectivity index (χ2v) is 15.2. The van der Waals surface area contributed by atoms with Gasteiger partial charge >= 0.3 is 0 Å². The van der Waals surface area contributed by atoms with E-state index in [-0.39, 0.29) is 5.41 Å². The van der Waals surface area contributed by atoms with Crippen LogP contribution in [0.4, 0.5) is 22.7 Å². The quantitative estimate of drug-likeness (QED) is 0.164. The molecule has 3 heteroatoms. The monoisotopic (exact) mass is 697 g/mol. The van der Waals surface area contributed by atoms with Crippen molar-refractivity contribution in [3.63, 3.8) is 0 Å². The second kappa shape index (κ2) is 13.0. The van der Waals surface area contributed by atoms with Crippen molar-refractivity contribution in [1.82, 2.24) is 4.57 Å². The minimum absolute atomic E-state index is 0.00987. The molecule has 3 aliphatic rings. The molecule has 0 atom stereocenters. The summed E-state index contributed by atoms with van der Waals surface area (Å²) in [7, 11) is 0. The highest BCUT2D eigenvalue weighted by molar-refractivity contribution is 6.10. The Morgan fingerprint density at radius 3 is 1.78 bits per heavy atom. The lowest BCUT2D eigenvalue weighted by Crippen LogP contribution is -2.23. The predicted molar refractivity (Wildman–Crippen MR) is 228 cm³/mol. The minimum atomic E-state index is -0.00987. The van der Waals surface area contributed by atoms with Crippen molar-refractivity contribution in [2.24, 2.45) is 0 Å². The fraction of sp³-hybridized carbons (Fsp3) is 0.137. The summed E-state index contributed by atoms with van der Waals surface area (Å²) in [6, 6.07) is 55.3. The summed E-state index contributed by atoms with van der Waals surface area (Å²) in [5.74, 6) is 0. The summed E-state index contributed by atoms with van der Waals surface area (Å²) in [5.41, 5.74) is 16.7. The van der Waals surface area contributed by atoms with E-state index in [0.29, 0.717) is 0 Å². The van der Waals surface area contributed by atoms with Crippen molar-refractivity contribution in [3.8, 4) is 5.69 Å². The predicted octanol–water partition coefficient (Wildman–Crippen LogP) is 13.7. The van der Waals surface area contributed by atoms with E-state index < -0.39 is 0 Å². The number of hydrogen-bond acceptors (Lipinski definition) is 2. The van der Waals surface area contributed by atoms with Gasteiger partial charge in [-0.05, 0) is 127 Å². The molecule has 0 saturated carbocycles. The highest BCUT2D eigenvalue weighted by Crippen LogP contribution is 2.52. The Balaban J connectivity index is 1.14. The number of nitrogens with zero attached hydrogens (tertiary/aromatic N) is 3. The van der Waals surface area contributed by atoms with Gasteiger partial charge in [-0.3, -0.25) is 0 Å². The van der Waals surface area contributed by atoms with Crippen LogP contribution < -0.4 is 9.80 Å². The van der Waals surface area contributed by atoms with Gasteiger partial charge in [-0.1, -0.05) is 110 Å². The van der Waals surface area contributed by atoms with Crippen molar-refractivity contribution in [3.05, 3.63) is 204 Å². The molecule has 1 aromatic heterocycles. The minimum Gasteiger partial charge on any atom is -0.314 e. The third kappa shape index (κ3) is 5.26. The number of allylic oxidation sites excluding steroid dienone is 8. The molecule has 0 amide bonds. The van der Waals surface area contributed by atoms with Gasteiger partial charge in [0.15, 0.2) is 0 Å². The Labute approximate surface area is 318 Å². The number of rotatable bonds is 7. The number of aromatic nitrogens is 1. The first-order valence-corrected chi connectivity index (χ1v) is 19.3. The SMILES string of the molecule is CC1(C)C2=C(C=CCC2)c2ccc(N(C3=CC=C(N(c4ccccc4)c4ccccc4)CC3)c3ccc4c(c3)c3ccccc3n4-c3ccccc3)cc21. The zero-order valence-electron chi connectivity index (χ0n) is 30.9. The van der Waals surface area contributed by atoms with Crippen molar-refractivity contribution in [2.75, 3.05) is 9.80 Å². The molecule has 10 rings (SSSR count). The maximum atomic E-state index is 2.53. The maximum Gasteiger partial charge on any atom is 0.0542 e. The highest BCUT2D eigenvalue weighted by Gasteiger charge is 2.38. The normalized spacial score (nSPS) is 15.9. The number of hydrogen-bond donors (Lipinski definition) is 0. The molecule has 0 fully saturated rings. The molecule has 0 spiro atoms. The third-order valence-corrected chi connectivity index (χ3v) is 11.8. The summed E-state index contributed by atoms with van der Waals surface area (Å²) >= 11 is 0. The zero-order chi connectivity index (χ0) is 36.2. The third-order valence-electron chi connectivity index (χ3n) is 11.8. The van der Waals surface area contributed by atoms with Gasteiger partial charge in [0.1, 0.15) is 0 Å². The van der Waals surface area contributed by atoms with Gasteiger partial charge in [0, 0.05) is 56.0 Å². The maximum absolute atomic E-state index is 2.53. The number of benzene rings is 6. The summed E-state index contributed by atoms with van der Waals surface area (Å²) in [5, 5.41) is 2.52. The largest absolute Gasteiger partial charge is 0.314 e. The van der Waals surface area contributed by atoms with Crippen LogP contribution in [0.3, 0.4) is 0 Å². The van der Waals surface area contributed by atoms with Crippen LogP contribution in [0.5, 0.6) is 0 Å². The van der Waals surface area contributed by atoms with Gasteiger partial charge in [-0.2, -0.15) is 0 Å². The van der Waals surface area contributed by atoms with Gasteiger partial charge in [-0.25, -0.2) is 0 Å². The van der Waals surface area contributed by atoms with Crippen molar-refractivity contribution in [2.45, 2.75) is 44.9 Å². The average molecular weight is 698 g/mol. The molecule has 54 heavy (non-hydrogen) atoms. The van der Waals surface area contributed by atoms with Crippen LogP contribution in [-0.2, 0) is 5.41 Å². The van der Waals surface area contributed by atoms with Crippen molar-refractivity contribution in [1.29, 1.82) is 0 Å². The Morgan fingerprint density at radius 2 is 1.09 bits per heavy atom. The Hall–Kier alpha value is -6.32. The Bertz CT molecular complexity index is 2630. The average Bonchev–Trinajstić information content (AvgIpc) is 3.68. The summed E-state index contributed by atoms with van der Waals surface area (Å²) in [6.07, 6.45) is 13.5. The molecule has 0 unspecified atom stereocenters. The summed E-state index contributed by atoms with van der Waals surface area (Å²) in [4.78, 5) is 4.93. The van der Waals surface area contributed by atoms with E-state index in [1.54, 1.807) is 5.57 Å². The Morgan fingerprint density at radius 1 is 0.519 bits per heavy atom. The molecule has 0 saturated heterocycles. The topological polar surface area (TPSA) is 11.4 Å². The van der Waals surface area contributed by atoms with E-state index in [2.05, 4.69) is 204 Å². The smallest absolute Gasteiger partial charge is 0.0542 e. The van der Waals surface area contributed by atoms with Crippen molar-refractivity contribution >= 4 is 50.1 Å². The number of para-hydroxylation sites is 4. The van der Waals surface area contributed by atoms with Crippen LogP contribution in [0.15, 0.2) is 193 Å². The second-order valence-electron chi connectivity index (χ2n) is 15.2. The lowest BCUT2D eigenvalue weighted by Gasteiger charge is -2.34. The number of fused-ring (bicyclic) bond motifs is 5. The molecule has 3 aliphatic carbocycles. The van der Waals surface area contributed by atoms with Crippen LogP contribution in [0.25, 0.3) is 33.1 Å². The van der Waals surface area contributed by atoms with Crippen LogP contribution in [0.1, 0.15) is 50.7 Å². The number of anilines is 4. The van der Waals surface area contributed by atoms with E-state index in [0.717, 1.165) is 25.7 Å². The molecule has 0 radical (unpaired) electrons. The molecule has 1 heterocycles. The molecule has 0 aliphatic heterocycles. The highest BCUT2D eigenvalue weighted by atomic mass is 15.2. The van der Waals surface area contributed by atoms with Gasteiger partial charge < -0.3 is 14.4 Å². The van der Waals surface area contributed by atoms with Crippen molar-refractivity contribution < 1.29 is 0 Å². The lowest BCUT2D eigenvalue weighted by molar-refractivity contribution is 0.607. The Kier molecular flexibility index (Phi) is 7.76. The van der Waals surface area contributed by atoms with Gasteiger partial charge in [-0.15, -0.1) is 0 Å². The fourth-order valence-corrected chi connectivity index (χ4v) is 9.21. The molecule has 0 bridgehead atoms. The molecule has 6 aromatic carbocycles. The molecule has 7 aromatic rings.